The topological polar surface area (TPSA) is 73.6 Å². The van der Waals surface area contributed by atoms with Crippen molar-refractivity contribution in [2.24, 2.45) is 5.73 Å². The van der Waals surface area contributed by atoms with Crippen LogP contribution in [0.4, 0.5) is 0 Å². The monoisotopic (exact) mass is 246 g/mol. The highest BCUT2D eigenvalue weighted by Gasteiger charge is 2.18. The van der Waals surface area contributed by atoms with Crippen LogP contribution >= 0.6 is 0 Å². The number of nitrogens with one attached hydrogen (secondary N) is 1. The molecule has 0 aliphatic rings. The highest BCUT2D eigenvalue weighted by molar-refractivity contribution is 5.45. The first kappa shape index (κ1) is 16.4. The lowest BCUT2D eigenvalue weighted by Crippen LogP contribution is -2.31. The van der Waals surface area contributed by atoms with Gasteiger partial charge in [0.2, 0.25) is 6.41 Å². The maximum absolute atomic E-state index is 10.1. The Balaban J connectivity index is 3.59. The molecular formula is C12H26N2O3. The Kier molecular flexibility index (Phi) is 9.03. The third kappa shape index (κ3) is 10.2. The average Bonchev–Trinajstić information content (AvgIpc) is 2.26. The SMILES string of the molecule is CC(CCOC(C)(C)CCNC=O)OCCN. The molecule has 0 fully saturated rings. The summed E-state index contributed by atoms with van der Waals surface area (Å²) in [4.78, 5) is 10.1. The molecule has 0 aromatic rings. The number of rotatable bonds is 11. The van der Waals surface area contributed by atoms with E-state index in [4.69, 9.17) is 15.2 Å². The fraction of sp³-hybridized carbons (Fsp3) is 0.917. The molecule has 0 rings (SSSR count). The van der Waals surface area contributed by atoms with Crippen LogP contribution in [0.3, 0.4) is 0 Å². The van der Waals surface area contributed by atoms with Crippen molar-refractivity contribution in [2.45, 2.75) is 45.3 Å². The van der Waals surface area contributed by atoms with Gasteiger partial charge in [0.15, 0.2) is 0 Å². The van der Waals surface area contributed by atoms with E-state index in [-0.39, 0.29) is 11.7 Å². The van der Waals surface area contributed by atoms with Crippen molar-refractivity contribution in [3.8, 4) is 0 Å². The van der Waals surface area contributed by atoms with Gasteiger partial charge >= 0.3 is 0 Å². The molecular weight excluding hydrogens is 220 g/mol. The molecule has 0 spiro atoms. The van der Waals surface area contributed by atoms with Crippen LogP contribution in [0.1, 0.15) is 33.6 Å². The minimum absolute atomic E-state index is 0.169. The van der Waals surface area contributed by atoms with Gasteiger partial charge in [-0.15, -0.1) is 0 Å². The standard InChI is InChI=1S/C12H26N2O3/c1-11(16-9-6-13)4-8-17-12(2,3)5-7-14-10-15/h10-11H,4-9,13H2,1-3H3,(H,14,15). The quantitative estimate of drug-likeness (QED) is 0.415. The van der Waals surface area contributed by atoms with E-state index in [0.717, 1.165) is 12.8 Å². The molecule has 0 radical (unpaired) electrons. The first-order valence-corrected chi connectivity index (χ1v) is 6.14. The van der Waals surface area contributed by atoms with Crippen LogP contribution in [0.15, 0.2) is 0 Å². The Hall–Kier alpha value is -0.650. The second-order valence-corrected chi connectivity index (χ2v) is 4.69. The molecule has 5 nitrogen and oxygen atoms in total. The summed E-state index contributed by atoms with van der Waals surface area (Å²) in [7, 11) is 0. The van der Waals surface area contributed by atoms with Gasteiger partial charge in [0, 0.05) is 19.7 Å². The average molecular weight is 246 g/mol. The smallest absolute Gasteiger partial charge is 0.207 e. The predicted molar refractivity (Wildman–Crippen MR) is 67.8 cm³/mol. The molecule has 0 aromatic carbocycles. The van der Waals surface area contributed by atoms with E-state index >= 15 is 0 Å². The maximum Gasteiger partial charge on any atom is 0.207 e. The van der Waals surface area contributed by atoms with E-state index in [0.29, 0.717) is 32.7 Å². The third-order valence-electron chi connectivity index (χ3n) is 2.49. The summed E-state index contributed by atoms with van der Waals surface area (Å²) in [6, 6.07) is 0. The summed E-state index contributed by atoms with van der Waals surface area (Å²) >= 11 is 0. The highest BCUT2D eigenvalue weighted by Crippen LogP contribution is 2.14. The maximum atomic E-state index is 10.1. The minimum Gasteiger partial charge on any atom is -0.377 e. The van der Waals surface area contributed by atoms with Crippen LogP contribution in [-0.4, -0.2) is 44.4 Å². The molecule has 17 heavy (non-hydrogen) atoms. The van der Waals surface area contributed by atoms with E-state index in [1.807, 2.05) is 20.8 Å². The van der Waals surface area contributed by atoms with Crippen LogP contribution in [0.25, 0.3) is 0 Å². The number of carbonyl (C=O) groups is 1. The van der Waals surface area contributed by atoms with Gasteiger partial charge in [-0.1, -0.05) is 0 Å². The molecule has 0 saturated carbocycles. The predicted octanol–water partition coefficient (Wildman–Crippen LogP) is 0.672. The van der Waals surface area contributed by atoms with Gasteiger partial charge in [-0.3, -0.25) is 4.79 Å². The van der Waals surface area contributed by atoms with Crippen LogP contribution < -0.4 is 11.1 Å². The number of amides is 1. The molecule has 3 N–H and O–H groups in total. The Bertz CT molecular complexity index is 198. The summed E-state index contributed by atoms with van der Waals surface area (Å²) in [6.45, 7) is 8.48. The molecule has 0 aromatic heterocycles. The fourth-order valence-electron chi connectivity index (χ4n) is 1.36. The third-order valence-corrected chi connectivity index (χ3v) is 2.49. The van der Waals surface area contributed by atoms with E-state index < -0.39 is 0 Å². The van der Waals surface area contributed by atoms with Crippen LogP contribution in [-0.2, 0) is 14.3 Å². The van der Waals surface area contributed by atoms with Crippen LogP contribution in [0.2, 0.25) is 0 Å². The summed E-state index contributed by atoms with van der Waals surface area (Å²) in [5, 5.41) is 2.63. The van der Waals surface area contributed by atoms with E-state index in [1.165, 1.54) is 0 Å². The van der Waals surface area contributed by atoms with Crippen molar-refractivity contribution >= 4 is 6.41 Å². The molecule has 1 atom stereocenters. The van der Waals surface area contributed by atoms with Gasteiger partial charge in [-0.25, -0.2) is 0 Å². The van der Waals surface area contributed by atoms with Gasteiger partial charge in [0.05, 0.1) is 18.3 Å². The Morgan fingerprint density at radius 2 is 2.12 bits per heavy atom. The number of ether oxygens (including phenoxy) is 2. The van der Waals surface area contributed by atoms with Gasteiger partial charge in [0.25, 0.3) is 0 Å². The summed E-state index contributed by atoms with van der Waals surface area (Å²) in [6.07, 6.45) is 2.52. The second-order valence-electron chi connectivity index (χ2n) is 4.69. The molecule has 1 amide bonds. The van der Waals surface area contributed by atoms with E-state index in [1.54, 1.807) is 0 Å². The van der Waals surface area contributed by atoms with Crippen molar-refractivity contribution in [2.75, 3.05) is 26.3 Å². The van der Waals surface area contributed by atoms with Gasteiger partial charge in [-0.05, 0) is 33.6 Å². The van der Waals surface area contributed by atoms with Crippen LogP contribution in [0, 0.1) is 0 Å². The van der Waals surface area contributed by atoms with Crippen molar-refractivity contribution in [1.82, 2.24) is 5.32 Å². The van der Waals surface area contributed by atoms with Crippen molar-refractivity contribution < 1.29 is 14.3 Å². The lowest BCUT2D eigenvalue weighted by molar-refractivity contribution is -0.109. The van der Waals surface area contributed by atoms with E-state index in [9.17, 15) is 4.79 Å². The Morgan fingerprint density at radius 1 is 1.41 bits per heavy atom. The van der Waals surface area contributed by atoms with Gasteiger partial charge < -0.3 is 20.5 Å². The first-order chi connectivity index (χ1) is 8.02. The zero-order chi connectivity index (χ0) is 13.1. The first-order valence-electron chi connectivity index (χ1n) is 6.14. The van der Waals surface area contributed by atoms with Crippen molar-refractivity contribution in [3.05, 3.63) is 0 Å². The summed E-state index contributed by atoms with van der Waals surface area (Å²) < 4.78 is 11.2. The van der Waals surface area contributed by atoms with Crippen molar-refractivity contribution in [1.29, 1.82) is 0 Å². The minimum atomic E-state index is -0.219. The Morgan fingerprint density at radius 3 is 2.71 bits per heavy atom. The molecule has 102 valence electrons. The lowest BCUT2D eigenvalue weighted by atomic mass is 10.1. The largest absolute Gasteiger partial charge is 0.377 e. The zero-order valence-corrected chi connectivity index (χ0v) is 11.2. The number of hydrogen-bond donors (Lipinski definition) is 2. The molecule has 0 saturated heterocycles. The molecule has 5 heteroatoms. The molecule has 0 bridgehead atoms. The fourth-order valence-corrected chi connectivity index (χ4v) is 1.36. The van der Waals surface area contributed by atoms with Crippen LogP contribution in [0.5, 0.6) is 0 Å². The molecule has 0 aliphatic carbocycles. The lowest BCUT2D eigenvalue weighted by Gasteiger charge is -2.26. The highest BCUT2D eigenvalue weighted by atomic mass is 16.5. The van der Waals surface area contributed by atoms with Gasteiger partial charge in [-0.2, -0.15) is 0 Å². The second kappa shape index (κ2) is 9.39. The molecule has 1 unspecified atom stereocenters. The summed E-state index contributed by atoms with van der Waals surface area (Å²) in [5.41, 5.74) is 5.13. The molecule has 0 heterocycles. The Labute approximate surface area is 104 Å². The number of hydrogen-bond acceptors (Lipinski definition) is 4. The zero-order valence-electron chi connectivity index (χ0n) is 11.2. The van der Waals surface area contributed by atoms with Gasteiger partial charge in [0.1, 0.15) is 0 Å². The van der Waals surface area contributed by atoms with Crippen molar-refractivity contribution in [3.63, 3.8) is 0 Å². The normalized spacial score (nSPS) is 13.4. The number of carbonyl (C=O) groups excluding carboxylic acids is 1. The summed E-state index contributed by atoms with van der Waals surface area (Å²) in [5.74, 6) is 0. The number of nitrogens with two attached hydrogens (primary N) is 1. The molecule has 0 aliphatic heterocycles. The van der Waals surface area contributed by atoms with E-state index in [2.05, 4.69) is 5.32 Å².